The standard InChI is InChI=1S/C10H9NO4/c1-14-9-6-8(11(12)13)5-7-3-2-4-15-10(7)9/h2-3,5-6H,4H2,1H3. The zero-order valence-electron chi connectivity index (χ0n) is 8.10. The molecule has 1 aliphatic heterocycles. The Morgan fingerprint density at radius 2 is 2.33 bits per heavy atom. The van der Waals surface area contributed by atoms with Crippen molar-refractivity contribution in [1.82, 2.24) is 0 Å². The molecule has 0 spiro atoms. The Morgan fingerprint density at radius 1 is 1.53 bits per heavy atom. The van der Waals surface area contributed by atoms with Crippen LogP contribution in [0.4, 0.5) is 5.69 Å². The molecule has 0 radical (unpaired) electrons. The molecule has 0 bridgehead atoms. The molecular formula is C10H9NO4. The second-order valence-corrected chi connectivity index (χ2v) is 3.04. The molecule has 0 aromatic heterocycles. The van der Waals surface area contributed by atoms with Crippen molar-refractivity contribution in [2.24, 2.45) is 0 Å². The number of nitrogens with zero attached hydrogens (tertiary/aromatic N) is 1. The van der Waals surface area contributed by atoms with Crippen LogP contribution in [-0.4, -0.2) is 18.6 Å². The van der Waals surface area contributed by atoms with Gasteiger partial charge in [-0.15, -0.1) is 0 Å². The Kier molecular flexibility index (Phi) is 2.29. The number of ether oxygens (including phenoxy) is 2. The van der Waals surface area contributed by atoms with Gasteiger partial charge in [0, 0.05) is 11.6 Å². The normalized spacial score (nSPS) is 12.9. The van der Waals surface area contributed by atoms with Gasteiger partial charge in [0.2, 0.25) is 0 Å². The van der Waals surface area contributed by atoms with Crippen LogP contribution in [0.15, 0.2) is 18.2 Å². The predicted octanol–water partition coefficient (Wildman–Crippen LogP) is 2.01. The molecule has 78 valence electrons. The lowest BCUT2D eigenvalue weighted by atomic mass is 10.1. The molecule has 0 N–H and O–H groups in total. The fraction of sp³-hybridized carbons (Fsp3) is 0.200. The number of nitro benzene ring substituents is 1. The Morgan fingerprint density at radius 3 is 3.00 bits per heavy atom. The minimum absolute atomic E-state index is 0.000694. The van der Waals surface area contributed by atoms with Crippen LogP contribution in [0.1, 0.15) is 5.56 Å². The van der Waals surface area contributed by atoms with Crippen LogP contribution in [0.25, 0.3) is 6.08 Å². The van der Waals surface area contributed by atoms with E-state index in [1.165, 1.54) is 19.2 Å². The first-order chi connectivity index (χ1) is 7.22. The number of benzene rings is 1. The first kappa shape index (κ1) is 9.51. The van der Waals surface area contributed by atoms with E-state index in [-0.39, 0.29) is 5.69 Å². The van der Waals surface area contributed by atoms with Gasteiger partial charge < -0.3 is 9.47 Å². The lowest BCUT2D eigenvalue weighted by Gasteiger charge is -2.15. The van der Waals surface area contributed by atoms with E-state index in [9.17, 15) is 10.1 Å². The van der Waals surface area contributed by atoms with Gasteiger partial charge in [-0.05, 0) is 6.08 Å². The maximum atomic E-state index is 10.6. The molecule has 0 unspecified atom stereocenters. The van der Waals surface area contributed by atoms with E-state index in [1.807, 2.05) is 0 Å². The molecular weight excluding hydrogens is 198 g/mol. The fourth-order valence-corrected chi connectivity index (χ4v) is 1.45. The lowest BCUT2D eigenvalue weighted by Crippen LogP contribution is -2.03. The van der Waals surface area contributed by atoms with E-state index >= 15 is 0 Å². The van der Waals surface area contributed by atoms with E-state index in [2.05, 4.69) is 0 Å². The highest BCUT2D eigenvalue weighted by atomic mass is 16.6. The molecule has 1 aromatic carbocycles. The summed E-state index contributed by atoms with van der Waals surface area (Å²) in [5.74, 6) is 0.953. The molecule has 5 heteroatoms. The number of methoxy groups -OCH3 is 1. The first-order valence-corrected chi connectivity index (χ1v) is 4.38. The Hall–Kier alpha value is -2.04. The zero-order chi connectivity index (χ0) is 10.8. The topological polar surface area (TPSA) is 61.6 Å². The number of nitro groups is 1. The largest absolute Gasteiger partial charge is 0.493 e. The third kappa shape index (κ3) is 1.63. The molecule has 1 aromatic rings. The van der Waals surface area contributed by atoms with Crippen LogP contribution in [0, 0.1) is 10.1 Å². The van der Waals surface area contributed by atoms with E-state index in [4.69, 9.17) is 9.47 Å². The van der Waals surface area contributed by atoms with E-state index in [1.54, 1.807) is 12.2 Å². The third-order valence-electron chi connectivity index (χ3n) is 2.12. The summed E-state index contributed by atoms with van der Waals surface area (Å²) in [5, 5.41) is 10.6. The van der Waals surface area contributed by atoms with Crippen LogP contribution < -0.4 is 9.47 Å². The third-order valence-corrected chi connectivity index (χ3v) is 2.12. The summed E-state index contributed by atoms with van der Waals surface area (Å²) in [6, 6.07) is 2.82. The SMILES string of the molecule is COc1cc([N+](=O)[O-])cc2c1OCC=C2. The van der Waals surface area contributed by atoms with Gasteiger partial charge in [0.25, 0.3) is 5.69 Å². The lowest BCUT2D eigenvalue weighted by molar-refractivity contribution is -0.385. The second kappa shape index (κ2) is 3.61. The molecule has 0 saturated heterocycles. The summed E-state index contributed by atoms with van der Waals surface area (Å²) in [5.41, 5.74) is 0.674. The molecule has 0 saturated carbocycles. The highest BCUT2D eigenvalue weighted by molar-refractivity contribution is 5.67. The molecule has 0 amide bonds. The van der Waals surface area contributed by atoms with Gasteiger partial charge in [-0.1, -0.05) is 6.08 Å². The van der Waals surface area contributed by atoms with Gasteiger partial charge in [-0.2, -0.15) is 0 Å². The minimum Gasteiger partial charge on any atom is -0.493 e. The molecule has 5 nitrogen and oxygen atoms in total. The zero-order valence-corrected chi connectivity index (χ0v) is 8.10. The monoisotopic (exact) mass is 207 g/mol. The molecule has 1 heterocycles. The van der Waals surface area contributed by atoms with Gasteiger partial charge in [0.05, 0.1) is 18.1 Å². The second-order valence-electron chi connectivity index (χ2n) is 3.04. The van der Waals surface area contributed by atoms with E-state index < -0.39 is 4.92 Å². The van der Waals surface area contributed by atoms with Crippen molar-refractivity contribution < 1.29 is 14.4 Å². The van der Waals surface area contributed by atoms with Gasteiger partial charge in [-0.3, -0.25) is 10.1 Å². The summed E-state index contributed by atoms with van der Waals surface area (Å²) < 4.78 is 10.4. The van der Waals surface area contributed by atoms with Crippen molar-refractivity contribution in [1.29, 1.82) is 0 Å². The van der Waals surface area contributed by atoms with Crippen LogP contribution in [0.3, 0.4) is 0 Å². The Labute approximate surface area is 86.1 Å². The number of non-ortho nitro benzene ring substituents is 1. The Bertz CT molecular complexity index is 439. The highest BCUT2D eigenvalue weighted by Gasteiger charge is 2.18. The van der Waals surface area contributed by atoms with Crippen molar-refractivity contribution in [3.8, 4) is 11.5 Å². The molecule has 0 fully saturated rings. The minimum atomic E-state index is -0.453. The van der Waals surface area contributed by atoms with E-state index in [0.717, 1.165) is 0 Å². The van der Waals surface area contributed by atoms with Gasteiger partial charge in [-0.25, -0.2) is 0 Å². The van der Waals surface area contributed by atoms with Crippen molar-refractivity contribution in [3.63, 3.8) is 0 Å². The smallest absolute Gasteiger partial charge is 0.274 e. The quantitative estimate of drug-likeness (QED) is 0.549. The fourth-order valence-electron chi connectivity index (χ4n) is 1.45. The van der Waals surface area contributed by atoms with Gasteiger partial charge in [0.1, 0.15) is 6.61 Å². The number of fused-ring (bicyclic) bond motifs is 1. The number of rotatable bonds is 2. The summed E-state index contributed by atoms with van der Waals surface area (Å²) in [6.07, 6.45) is 3.58. The van der Waals surface area contributed by atoms with Crippen LogP contribution in [0.2, 0.25) is 0 Å². The molecule has 1 aliphatic rings. The van der Waals surface area contributed by atoms with Crippen LogP contribution in [-0.2, 0) is 0 Å². The van der Waals surface area contributed by atoms with Crippen molar-refractivity contribution in [2.75, 3.05) is 13.7 Å². The first-order valence-electron chi connectivity index (χ1n) is 4.38. The summed E-state index contributed by atoms with van der Waals surface area (Å²) >= 11 is 0. The summed E-state index contributed by atoms with van der Waals surface area (Å²) in [4.78, 5) is 10.2. The van der Waals surface area contributed by atoms with Crippen molar-refractivity contribution in [3.05, 3.63) is 33.9 Å². The van der Waals surface area contributed by atoms with Gasteiger partial charge in [0.15, 0.2) is 11.5 Å². The Balaban J connectivity index is 2.59. The summed E-state index contributed by atoms with van der Waals surface area (Å²) in [7, 11) is 1.46. The van der Waals surface area contributed by atoms with E-state index in [0.29, 0.717) is 23.7 Å². The molecule has 0 atom stereocenters. The van der Waals surface area contributed by atoms with Gasteiger partial charge >= 0.3 is 0 Å². The predicted molar refractivity (Wildman–Crippen MR) is 54.2 cm³/mol. The maximum Gasteiger partial charge on any atom is 0.274 e. The average molecular weight is 207 g/mol. The number of hydrogen-bond acceptors (Lipinski definition) is 4. The average Bonchev–Trinajstić information content (AvgIpc) is 2.27. The maximum absolute atomic E-state index is 10.6. The highest BCUT2D eigenvalue weighted by Crippen LogP contribution is 2.37. The summed E-state index contributed by atoms with van der Waals surface area (Å²) in [6.45, 7) is 0.459. The van der Waals surface area contributed by atoms with Crippen molar-refractivity contribution >= 4 is 11.8 Å². The molecule has 15 heavy (non-hydrogen) atoms. The number of hydrogen-bond donors (Lipinski definition) is 0. The van der Waals surface area contributed by atoms with Crippen LogP contribution in [0.5, 0.6) is 11.5 Å². The van der Waals surface area contributed by atoms with Crippen molar-refractivity contribution in [2.45, 2.75) is 0 Å². The van der Waals surface area contributed by atoms with Crippen LogP contribution >= 0.6 is 0 Å². The molecule has 2 rings (SSSR count). The molecule has 0 aliphatic carbocycles.